The van der Waals surface area contributed by atoms with E-state index >= 15 is 0 Å². The molecule has 1 N–H and O–H groups in total. The topological polar surface area (TPSA) is 107 Å². The maximum Gasteiger partial charge on any atom is 2.00 e. The van der Waals surface area contributed by atoms with Gasteiger partial charge in [0.15, 0.2) is 0 Å². The molecule has 0 unspecified atom stereocenters. The standard InChI is InChI=1S/C12H14O7S.Ba.2H/c1-3-18-11(13)8-5-9(12(14)19-4-2)7-10(6-8)20(15,16)17;;;/h5-7H,3-4H2,1-2H3,(H,15,16,17);;;/q;+2;2*-1. The first-order valence-electron chi connectivity index (χ1n) is 5.76. The third kappa shape index (κ3) is 6.11. The fraction of sp³-hybridized carbons (Fsp3) is 0.333. The Morgan fingerprint density at radius 2 is 1.43 bits per heavy atom. The summed E-state index contributed by atoms with van der Waals surface area (Å²) in [6.45, 7) is 3.33. The van der Waals surface area contributed by atoms with Gasteiger partial charge in [-0.05, 0) is 32.0 Å². The monoisotopic (exact) mass is 442 g/mol. The van der Waals surface area contributed by atoms with Crippen molar-refractivity contribution in [1.82, 2.24) is 0 Å². The summed E-state index contributed by atoms with van der Waals surface area (Å²) in [6.07, 6.45) is 0. The van der Waals surface area contributed by atoms with Gasteiger partial charge in [-0.3, -0.25) is 4.55 Å². The van der Waals surface area contributed by atoms with Gasteiger partial charge in [0, 0.05) is 0 Å². The van der Waals surface area contributed by atoms with Crippen molar-refractivity contribution in [2.24, 2.45) is 0 Å². The van der Waals surface area contributed by atoms with Crippen molar-refractivity contribution < 1.29 is 34.9 Å². The molecule has 7 nitrogen and oxygen atoms in total. The average molecular weight is 442 g/mol. The first-order valence-corrected chi connectivity index (χ1v) is 7.20. The van der Waals surface area contributed by atoms with E-state index in [2.05, 4.69) is 0 Å². The molecule has 0 saturated carbocycles. The predicted octanol–water partition coefficient (Wildman–Crippen LogP) is 1.13. The van der Waals surface area contributed by atoms with Gasteiger partial charge >= 0.3 is 60.8 Å². The van der Waals surface area contributed by atoms with Crippen molar-refractivity contribution in [1.29, 1.82) is 0 Å². The zero-order valence-corrected chi connectivity index (χ0v) is 16.9. The zero-order valence-electron chi connectivity index (χ0n) is 13.7. The second-order valence-electron chi connectivity index (χ2n) is 3.66. The Morgan fingerprint density at radius 1 is 1.05 bits per heavy atom. The molecule has 0 aromatic heterocycles. The van der Waals surface area contributed by atoms with Gasteiger partial charge in [0.1, 0.15) is 0 Å². The van der Waals surface area contributed by atoms with Crippen LogP contribution in [0.2, 0.25) is 0 Å². The quantitative estimate of drug-likeness (QED) is 0.415. The van der Waals surface area contributed by atoms with Gasteiger partial charge in [-0.1, -0.05) is 0 Å². The van der Waals surface area contributed by atoms with E-state index in [4.69, 9.17) is 14.0 Å². The molecule has 0 spiro atoms. The van der Waals surface area contributed by atoms with E-state index in [-0.39, 0.29) is 76.1 Å². The van der Waals surface area contributed by atoms with Crippen molar-refractivity contribution in [2.45, 2.75) is 18.7 Å². The van der Waals surface area contributed by atoms with Crippen molar-refractivity contribution in [3.8, 4) is 0 Å². The molecule has 1 rings (SSSR count). The van der Waals surface area contributed by atoms with Crippen LogP contribution in [0, 0.1) is 0 Å². The fourth-order valence-electron chi connectivity index (χ4n) is 1.41. The number of esters is 2. The molecule has 1 aromatic carbocycles. The first kappa shape index (κ1) is 20.6. The number of hydrogen-bond acceptors (Lipinski definition) is 6. The minimum absolute atomic E-state index is 0. The van der Waals surface area contributed by atoms with Gasteiger partial charge in [-0.25, -0.2) is 9.59 Å². The Bertz CT molecular complexity index is 598. The van der Waals surface area contributed by atoms with E-state index in [9.17, 15) is 18.0 Å². The first-order chi connectivity index (χ1) is 9.29. The minimum atomic E-state index is -4.56. The summed E-state index contributed by atoms with van der Waals surface area (Å²) >= 11 is 0. The van der Waals surface area contributed by atoms with Crippen LogP contribution < -0.4 is 0 Å². The molecule has 0 radical (unpaired) electrons. The summed E-state index contributed by atoms with van der Waals surface area (Å²) in [5.74, 6) is -1.60. The largest absolute Gasteiger partial charge is 2.00 e. The third-order valence-electron chi connectivity index (χ3n) is 2.23. The van der Waals surface area contributed by atoms with Crippen LogP contribution >= 0.6 is 0 Å². The van der Waals surface area contributed by atoms with Gasteiger partial charge in [-0.15, -0.1) is 0 Å². The molecule has 0 aliphatic carbocycles. The number of carbonyl (C=O) groups is 2. The van der Waals surface area contributed by atoms with Crippen LogP contribution in [0.15, 0.2) is 23.1 Å². The van der Waals surface area contributed by atoms with Crippen LogP contribution in [0.5, 0.6) is 0 Å². The zero-order chi connectivity index (χ0) is 15.3. The molecule has 1 aromatic rings. The molecule has 0 amide bonds. The Labute approximate surface area is 165 Å². The van der Waals surface area contributed by atoms with Crippen molar-refractivity contribution >= 4 is 70.9 Å². The molecular weight excluding hydrogens is 426 g/mol. The second-order valence-corrected chi connectivity index (χ2v) is 5.08. The summed E-state index contributed by atoms with van der Waals surface area (Å²) < 4.78 is 40.8. The minimum Gasteiger partial charge on any atom is -1.00 e. The molecule has 0 bridgehead atoms. The maximum absolute atomic E-state index is 11.6. The van der Waals surface area contributed by atoms with Crippen LogP contribution in [-0.2, 0) is 19.6 Å². The van der Waals surface area contributed by atoms with Gasteiger partial charge in [0.25, 0.3) is 10.1 Å². The summed E-state index contributed by atoms with van der Waals surface area (Å²) in [7, 11) is -4.56. The number of rotatable bonds is 5. The van der Waals surface area contributed by atoms with Crippen LogP contribution in [0.3, 0.4) is 0 Å². The van der Waals surface area contributed by atoms with E-state index in [1.54, 1.807) is 13.8 Å². The molecule has 0 fully saturated rings. The van der Waals surface area contributed by atoms with Crippen molar-refractivity contribution in [3.05, 3.63) is 29.3 Å². The van der Waals surface area contributed by atoms with Crippen LogP contribution in [0.4, 0.5) is 0 Å². The number of benzene rings is 1. The summed E-state index contributed by atoms with van der Waals surface area (Å²) in [5.41, 5.74) is -0.324. The van der Waals surface area contributed by atoms with Crippen LogP contribution in [-0.4, -0.2) is 87.0 Å². The van der Waals surface area contributed by atoms with Crippen LogP contribution in [0.25, 0.3) is 0 Å². The molecule has 114 valence electrons. The van der Waals surface area contributed by atoms with E-state index in [1.165, 1.54) is 0 Å². The van der Waals surface area contributed by atoms with E-state index in [0.717, 1.165) is 18.2 Å². The molecule has 0 saturated heterocycles. The number of ether oxygens (including phenoxy) is 2. The molecule has 21 heavy (non-hydrogen) atoms. The van der Waals surface area contributed by atoms with Gasteiger partial charge < -0.3 is 12.3 Å². The Balaban J connectivity index is -0.00000133. The average Bonchev–Trinajstić information content (AvgIpc) is 2.37. The Hall–Kier alpha value is -0.359. The molecule has 0 atom stereocenters. The van der Waals surface area contributed by atoms with Gasteiger partial charge in [0.2, 0.25) is 0 Å². The van der Waals surface area contributed by atoms with Crippen LogP contribution in [0.1, 0.15) is 37.4 Å². The Morgan fingerprint density at radius 3 is 1.71 bits per heavy atom. The third-order valence-corrected chi connectivity index (χ3v) is 3.06. The Kier molecular flexibility index (Phi) is 8.78. The summed E-state index contributed by atoms with van der Waals surface area (Å²) in [4.78, 5) is 22.6. The molecule has 9 heteroatoms. The van der Waals surface area contributed by atoms with Gasteiger partial charge in [-0.2, -0.15) is 8.42 Å². The van der Waals surface area contributed by atoms with Crippen molar-refractivity contribution in [2.75, 3.05) is 13.2 Å². The second kappa shape index (κ2) is 8.93. The van der Waals surface area contributed by atoms with Crippen molar-refractivity contribution in [3.63, 3.8) is 0 Å². The van der Waals surface area contributed by atoms with E-state index in [1.807, 2.05) is 0 Å². The number of hydrogen-bond donors (Lipinski definition) is 1. The summed E-state index contributed by atoms with van der Waals surface area (Å²) in [6, 6.07) is 3.00. The normalized spacial score (nSPS) is 10.4. The number of carbonyl (C=O) groups excluding carboxylic acids is 2. The smallest absolute Gasteiger partial charge is 1.00 e. The fourth-order valence-corrected chi connectivity index (χ4v) is 1.96. The molecular formula is C12H16BaO7S. The molecule has 0 aliphatic heterocycles. The summed E-state index contributed by atoms with van der Waals surface area (Å²) in [5, 5.41) is 0. The predicted molar refractivity (Wildman–Crippen MR) is 76.1 cm³/mol. The van der Waals surface area contributed by atoms with E-state index in [0.29, 0.717) is 0 Å². The SMILES string of the molecule is CCOC(=O)c1cc(C(=O)OCC)cc(S(=O)(=O)O)c1.[Ba+2].[H-].[H-]. The maximum atomic E-state index is 11.6. The molecule has 0 heterocycles. The molecule has 0 aliphatic rings. The van der Waals surface area contributed by atoms with E-state index < -0.39 is 27.0 Å². The van der Waals surface area contributed by atoms with Gasteiger partial charge in [0.05, 0.1) is 29.2 Å².